The van der Waals surface area contributed by atoms with E-state index < -0.39 is 0 Å². The first kappa shape index (κ1) is 16.4. The molecule has 0 saturated heterocycles. The number of nitrogens with one attached hydrogen (secondary N) is 2. The van der Waals surface area contributed by atoms with Gasteiger partial charge >= 0.3 is 0 Å². The highest BCUT2D eigenvalue weighted by Crippen LogP contribution is 2.04. The lowest BCUT2D eigenvalue weighted by Gasteiger charge is -2.15. The molecule has 0 aliphatic heterocycles. The number of carbonyl (C=O) groups excluding carboxylic acids is 1. The highest BCUT2D eigenvalue weighted by molar-refractivity contribution is 5.78. The number of rotatable bonds is 10. The van der Waals surface area contributed by atoms with Gasteiger partial charge in [-0.15, -0.1) is 0 Å². The minimum Gasteiger partial charge on any atom is -0.353 e. The number of hydrogen-bond donors (Lipinski definition) is 2. The Morgan fingerprint density at radius 3 is 2.35 bits per heavy atom. The normalized spacial score (nSPS) is 14.4. The summed E-state index contributed by atoms with van der Waals surface area (Å²) in [5.74, 6) is 0.119. The highest BCUT2D eigenvalue weighted by Gasteiger charge is 2.07. The molecular weight excluding hydrogens is 212 g/mol. The van der Waals surface area contributed by atoms with E-state index in [4.69, 9.17) is 0 Å². The van der Waals surface area contributed by atoms with Crippen LogP contribution in [0.4, 0.5) is 0 Å². The monoisotopic (exact) mass is 242 g/mol. The van der Waals surface area contributed by atoms with Gasteiger partial charge < -0.3 is 10.6 Å². The van der Waals surface area contributed by atoms with Crippen molar-refractivity contribution in [3.05, 3.63) is 0 Å². The maximum atomic E-state index is 11.6. The van der Waals surface area contributed by atoms with E-state index in [-0.39, 0.29) is 5.91 Å². The van der Waals surface area contributed by atoms with Gasteiger partial charge in [-0.05, 0) is 26.7 Å². The van der Waals surface area contributed by atoms with Crippen LogP contribution in [0.3, 0.4) is 0 Å². The summed E-state index contributed by atoms with van der Waals surface area (Å²) in [6.45, 7) is 8.96. The summed E-state index contributed by atoms with van der Waals surface area (Å²) in [6.07, 6.45) is 7.21. The van der Waals surface area contributed by atoms with Crippen LogP contribution < -0.4 is 10.6 Å². The van der Waals surface area contributed by atoms with E-state index in [1.54, 1.807) is 0 Å². The highest BCUT2D eigenvalue weighted by atomic mass is 16.1. The number of unbranched alkanes of at least 4 members (excludes halogenated alkanes) is 3. The fourth-order valence-corrected chi connectivity index (χ4v) is 1.69. The Morgan fingerprint density at radius 1 is 1.06 bits per heavy atom. The molecule has 0 radical (unpaired) electrons. The van der Waals surface area contributed by atoms with E-state index in [9.17, 15) is 4.79 Å². The molecule has 0 bridgehead atoms. The van der Waals surface area contributed by atoms with E-state index in [1.807, 2.05) is 0 Å². The van der Waals surface area contributed by atoms with E-state index >= 15 is 0 Å². The van der Waals surface area contributed by atoms with E-state index in [0.717, 1.165) is 12.8 Å². The molecule has 2 unspecified atom stereocenters. The summed E-state index contributed by atoms with van der Waals surface area (Å²) in [5.41, 5.74) is 0. The van der Waals surface area contributed by atoms with Gasteiger partial charge in [-0.25, -0.2) is 0 Å². The molecule has 0 rings (SSSR count). The van der Waals surface area contributed by atoms with Crippen LogP contribution in [0.5, 0.6) is 0 Å². The predicted octanol–water partition coefficient (Wildman–Crippen LogP) is 2.85. The largest absolute Gasteiger partial charge is 0.353 e. The molecule has 102 valence electrons. The first-order chi connectivity index (χ1) is 8.10. The van der Waals surface area contributed by atoms with Crippen LogP contribution in [0.1, 0.15) is 66.2 Å². The molecule has 17 heavy (non-hydrogen) atoms. The maximum absolute atomic E-state index is 11.6. The average molecular weight is 242 g/mol. The SMILES string of the molecule is CCCCCCC(C)NC(=O)CNC(C)CC. The molecule has 2 N–H and O–H groups in total. The van der Waals surface area contributed by atoms with Gasteiger partial charge in [0.1, 0.15) is 0 Å². The summed E-state index contributed by atoms with van der Waals surface area (Å²) in [5, 5.41) is 6.24. The molecule has 2 atom stereocenters. The smallest absolute Gasteiger partial charge is 0.234 e. The van der Waals surface area contributed by atoms with Crippen LogP contribution in [0, 0.1) is 0 Å². The Hall–Kier alpha value is -0.570. The van der Waals surface area contributed by atoms with Crippen molar-refractivity contribution in [3.8, 4) is 0 Å². The summed E-state index contributed by atoms with van der Waals surface area (Å²) in [7, 11) is 0. The summed E-state index contributed by atoms with van der Waals surface area (Å²) in [6, 6.07) is 0.721. The number of carbonyl (C=O) groups is 1. The van der Waals surface area contributed by atoms with Crippen molar-refractivity contribution >= 4 is 5.91 Å². The molecule has 3 nitrogen and oxygen atoms in total. The van der Waals surface area contributed by atoms with Crippen LogP contribution in [-0.4, -0.2) is 24.5 Å². The molecule has 0 aromatic rings. The first-order valence-electron chi connectivity index (χ1n) is 7.12. The van der Waals surface area contributed by atoms with Gasteiger partial charge in [-0.3, -0.25) is 4.79 Å². The van der Waals surface area contributed by atoms with Crippen molar-refractivity contribution in [1.29, 1.82) is 0 Å². The molecule has 0 fully saturated rings. The fourth-order valence-electron chi connectivity index (χ4n) is 1.69. The molecule has 0 heterocycles. The summed E-state index contributed by atoms with van der Waals surface area (Å²) in [4.78, 5) is 11.6. The Balaban J connectivity index is 3.51. The van der Waals surface area contributed by atoms with Gasteiger partial charge in [0, 0.05) is 12.1 Å². The lowest BCUT2D eigenvalue weighted by molar-refractivity contribution is -0.121. The molecule has 0 aromatic carbocycles. The second kappa shape index (κ2) is 10.6. The van der Waals surface area contributed by atoms with Crippen molar-refractivity contribution in [2.75, 3.05) is 6.54 Å². The second-order valence-corrected chi connectivity index (χ2v) is 5.01. The zero-order chi connectivity index (χ0) is 13.1. The van der Waals surface area contributed by atoms with Crippen LogP contribution in [0.15, 0.2) is 0 Å². The van der Waals surface area contributed by atoms with Gasteiger partial charge in [0.2, 0.25) is 5.91 Å². The second-order valence-electron chi connectivity index (χ2n) is 5.01. The van der Waals surface area contributed by atoms with Gasteiger partial charge in [-0.2, -0.15) is 0 Å². The fraction of sp³-hybridized carbons (Fsp3) is 0.929. The van der Waals surface area contributed by atoms with E-state index in [2.05, 4.69) is 38.3 Å². The molecular formula is C14H30N2O. The third-order valence-corrected chi connectivity index (χ3v) is 3.12. The molecule has 0 aliphatic carbocycles. The minimum atomic E-state index is 0.119. The average Bonchev–Trinajstić information content (AvgIpc) is 2.31. The Labute approximate surface area is 107 Å². The lowest BCUT2D eigenvalue weighted by atomic mass is 10.1. The van der Waals surface area contributed by atoms with Gasteiger partial charge in [-0.1, -0.05) is 39.5 Å². The van der Waals surface area contributed by atoms with E-state index in [1.165, 1.54) is 25.7 Å². The third kappa shape index (κ3) is 10.3. The zero-order valence-electron chi connectivity index (χ0n) is 12.0. The van der Waals surface area contributed by atoms with Gasteiger partial charge in [0.05, 0.1) is 6.54 Å². The number of hydrogen-bond acceptors (Lipinski definition) is 2. The molecule has 0 saturated carbocycles. The van der Waals surface area contributed by atoms with Crippen LogP contribution in [0.25, 0.3) is 0 Å². The molecule has 0 spiro atoms. The summed E-state index contributed by atoms with van der Waals surface area (Å²) >= 11 is 0. The van der Waals surface area contributed by atoms with Crippen molar-refractivity contribution in [3.63, 3.8) is 0 Å². The van der Waals surface area contributed by atoms with Crippen molar-refractivity contribution < 1.29 is 4.79 Å². The Morgan fingerprint density at radius 2 is 1.76 bits per heavy atom. The van der Waals surface area contributed by atoms with Crippen LogP contribution in [0.2, 0.25) is 0 Å². The van der Waals surface area contributed by atoms with Crippen LogP contribution in [-0.2, 0) is 4.79 Å². The minimum absolute atomic E-state index is 0.119. The van der Waals surface area contributed by atoms with Crippen molar-refractivity contribution in [2.24, 2.45) is 0 Å². The van der Waals surface area contributed by atoms with Crippen LogP contribution >= 0.6 is 0 Å². The third-order valence-electron chi connectivity index (χ3n) is 3.12. The number of amides is 1. The van der Waals surface area contributed by atoms with Gasteiger partial charge in [0.25, 0.3) is 0 Å². The molecule has 3 heteroatoms. The maximum Gasteiger partial charge on any atom is 0.234 e. The van der Waals surface area contributed by atoms with Gasteiger partial charge in [0.15, 0.2) is 0 Å². The molecule has 0 aromatic heterocycles. The van der Waals surface area contributed by atoms with Crippen molar-refractivity contribution in [2.45, 2.75) is 78.3 Å². The Kier molecular flexibility index (Phi) is 10.2. The summed E-state index contributed by atoms with van der Waals surface area (Å²) < 4.78 is 0. The Bertz CT molecular complexity index is 195. The zero-order valence-corrected chi connectivity index (χ0v) is 12.0. The quantitative estimate of drug-likeness (QED) is 0.578. The molecule has 0 aliphatic rings. The topological polar surface area (TPSA) is 41.1 Å². The first-order valence-corrected chi connectivity index (χ1v) is 7.12. The lowest BCUT2D eigenvalue weighted by Crippen LogP contribution is -2.41. The molecule has 1 amide bonds. The predicted molar refractivity (Wildman–Crippen MR) is 74.1 cm³/mol. The van der Waals surface area contributed by atoms with Crippen molar-refractivity contribution in [1.82, 2.24) is 10.6 Å². The standard InChI is InChI=1S/C14H30N2O/c1-5-7-8-9-10-13(4)16-14(17)11-15-12(3)6-2/h12-13,15H,5-11H2,1-4H3,(H,16,17). The van der Waals surface area contributed by atoms with E-state index in [0.29, 0.717) is 18.6 Å².